The Balaban J connectivity index is 2.32. The van der Waals surface area contributed by atoms with Gasteiger partial charge in [0, 0.05) is 46.3 Å². The molecule has 7 nitrogen and oxygen atoms in total. The van der Waals surface area contributed by atoms with Gasteiger partial charge in [0.1, 0.15) is 0 Å². The first-order chi connectivity index (χ1) is 12.4. The standard InChI is InChI=1S/C19H25N3O4/c1-21(2)17(23)10-9-13-11-16(19(25-3)26-4)22(12-13)18(24)14-7-5-6-8-15(14)20/h5-10,12,16,19H,11,20H2,1-4H3/b10-9+/t16-/m0/s1. The van der Waals surface area contributed by atoms with Crippen LogP contribution in [0.5, 0.6) is 0 Å². The SMILES string of the molecule is COC(OC)[C@@H]1CC(/C=C/C(=O)N(C)C)=CN1C(=O)c1ccccc1N. The third kappa shape index (κ3) is 4.30. The Hall–Kier alpha value is -2.64. The molecule has 0 spiro atoms. The van der Waals surface area contributed by atoms with Crippen molar-refractivity contribution in [3.63, 3.8) is 0 Å². The summed E-state index contributed by atoms with van der Waals surface area (Å²) in [5.41, 5.74) is 7.59. The van der Waals surface area contributed by atoms with E-state index in [0.29, 0.717) is 17.7 Å². The second-order valence-corrected chi connectivity index (χ2v) is 6.18. The van der Waals surface area contributed by atoms with Crippen molar-refractivity contribution in [2.24, 2.45) is 0 Å². The summed E-state index contributed by atoms with van der Waals surface area (Å²) in [4.78, 5) is 27.8. The maximum absolute atomic E-state index is 13.0. The monoisotopic (exact) mass is 359 g/mol. The number of anilines is 1. The summed E-state index contributed by atoms with van der Waals surface area (Å²) in [6.45, 7) is 0. The third-order valence-corrected chi connectivity index (χ3v) is 4.19. The highest BCUT2D eigenvalue weighted by Crippen LogP contribution is 2.29. The van der Waals surface area contributed by atoms with Crippen LogP contribution < -0.4 is 5.73 Å². The molecule has 26 heavy (non-hydrogen) atoms. The average molecular weight is 359 g/mol. The highest BCUT2D eigenvalue weighted by atomic mass is 16.7. The van der Waals surface area contributed by atoms with Crippen LogP contribution in [0.25, 0.3) is 0 Å². The fourth-order valence-electron chi connectivity index (χ4n) is 2.78. The summed E-state index contributed by atoms with van der Waals surface area (Å²) < 4.78 is 10.7. The minimum Gasteiger partial charge on any atom is -0.398 e. The third-order valence-electron chi connectivity index (χ3n) is 4.19. The second-order valence-electron chi connectivity index (χ2n) is 6.18. The number of hydrogen-bond acceptors (Lipinski definition) is 5. The number of rotatable bonds is 6. The van der Waals surface area contributed by atoms with Crippen LogP contribution in [-0.2, 0) is 14.3 Å². The minimum atomic E-state index is -0.601. The van der Waals surface area contributed by atoms with Crippen LogP contribution in [0.4, 0.5) is 5.69 Å². The van der Waals surface area contributed by atoms with Crippen LogP contribution in [0.3, 0.4) is 0 Å². The van der Waals surface area contributed by atoms with Gasteiger partial charge in [-0.3, -0.25) is 9.59 Å². The summed E-state index contributed by atoms with van der Waals surface area (Å²) in [5, 5.41) is 0. The van der Waals surface area contributed by atoms with Crippen LogP contribution in [0, 0.1) is 0 Å². The van der Waals surface area contributed by atoms with Crippen molar-refractivity contribution in [1.29, 1.82) is 0 Å². The number of methoxy groups -OCH3 is 2. The lowest BCUT2D eigenvalue weighted by Gasteiger charge is -2.29. The maximum Gasteiger partial charge on any atom is 0.260 e. The lowest BCUT2D eigenvalue weighted by atomic mass is 10.1. The van der Waals surface area contributed by atoms with Crippen LogP contribution in [0.15, 0.2) is 48.2 Å². The van der Waals surface area contributed by atoms with Crippen LogP contribution in [0.2, 0.25) is 0 Å². The largest absolute Gasteiger partial charge is 0.398 e. The second kappa shape index (κ2) is 8.64. The molecule has 0 saturated heterocycles. The van der Waals surface area contributed by atoms with Gasteiger partial charge in [-0.15, -0.1) is 0 Å². The molecule has 0 radical (unpaired) electrons. The smallest absolute Gasteiger partial charge is 0.260 e. The summed E-state index contributed by atoms with van der Waals surface area (Å²) in [6.07, 6.45) is 4.80. The first-order valence-corrected chi connectivity index (χ1v) is 8.21. The number of carbonyl (C=O) groups is 2. The number of hydrogen-bond donors (Lipinski definition) is 1. The summed E-state index contributed by atoms with van der Waals surface area (Å²) in [6, 6.07) is 6.55. The predicted molar refractivity (Wildman–Crippen MR) is 99.2 cm³/mol. The van der Waals surface area contributed by atoms with E-state index in [4.69, 9.17) is 15.2 Å². The Morgan fingerprint density at radius 1 is 1.27 bits per heavy atom. The van der Waals surface area contributed by atoms with E-state index in [1.807, 2.05) is 0 Å². The van der Waals surface area contributed by atoms with Crippen molar-refractivity contribution in [1.82, 2.24) is 9.80 Å². The Morgan fingerprint density at radius 2 is 1.92 bits per heavy atom. The molecule has 0 aliphatic carbocycles. The molecule has 1 aliphatic heterocycles. The number of carbonyl (C=O) groups excluding carboxylic acids is 2. The number of amides is 2. The number of para-hydroxylation sites is 1. The molecule has 0 aromatic heterocycles. The lowest BCUT2D eigenvalue weighted by molar-refractivity contribution is -0.132. The first kappa shape index (κ1) is 19.7. The molecule has 1 atom stereocenters. The molecule has 1 heterocycles. The number of nitrogens with zero attached hydrogens (tertiary/aromatic N) is 2. The number of nitrogen functional groups attached to an aromatic ring is 1. The van der Waals surface area contributed by atoms with E-state index in [1.165, 1.54) is 25.2 Å². The molecule has 2 amide bonds. The quantitative estimate of drug-likeness (QED) is 0.474. The van der Waals surface area contributed by atoms with E-state index >= 15 is 0 Å². The van der Waals surface area contributed by atoms with Gasteiger partial charge in [-0.25, -0.2) is 0 Å². The van der Waals surface area contributed by atoms with Crippen molar-refractivity contribution in [3.05, 3.63) is 53.8 Å². The summed E-state index contributed by atoms with van der Waals surface area (Å²) in [5.74, 6) is -0.371. The Morgan fingerprint density at radius 3 is 2.50 bits per heavy atom. The Bertz CT molecular complexity index is 723. The number of benzene rings is 1. The van der Waals surface area contributed by atoms with Gasteiger partial charge in [0.2, 0.25) is 5.91 Å². The Labute approximate surface area is 153 Å². The normalized spacial score (nSPS) is 17.0. The molecule has 140 valence electrons. The lowest BCUT2D eigenvalue weighted by Crippen LogP contribution is -2.43. The summed E-state index contributed by atoms with van der Waals surface area (Å²) in [7, 11) is 6.41. The van der Waals surface area contributed by atoms with E-state index in [-0.39, 0.29) is 17.9 Å². The molecule has 0 fully saturated rings. The van der Waals surface area contributed by atoms with E-state index in [1.54, 1.807) is 55.5 Å². The fourth-order valence-corrected chi connectivity index (χ4v) is 2.78. The number of allylic oxidation sites excluding steroid dienone is 1. The predicted octanol–water partition coefficient (Wildman–Crippen LogP) is 1.63. The van der Waals surface area contributed by atoms with E-state index in [9.17, 15) is 9.59 Å². The highest BCUT2D eigenvalue weighted by Gasteiger charge is 2.36. The molecule has 0 saturated carbocycles. The molecule has 2 rings (SSSR count). The number of ether oxygens (including phenoxy) is 2. The Kier molecular flexibility index (Phi) is 6.54. The van der Waals surface area contributed by atoms with Crippen molar-refractivity contribution < 1.29 is 19.1 Å². The molecule has 0 unspecified atom stereocenters. The van der Waals surface area contributed by atoms with Gasteiger partial charge in [-0.05, 0) is 24.1 Å². The first-order valence-electron chi connectivity index (χ1n) is 8.21. The van der Waals surface area contributed by atoms with Gasteiger partial charge in [0.15, 0.2) is 6.29 Å². The molecule has 7 heteroatoms. The van der Waals surface area contributed by atoms with E-state index in [0.717, 1.165) is 5.57 Å². The fraction of sp³-hybridized carbons (Fsp3) is 0.368. The van der Waals surface area contributed by atoms with Gasteiger partial charge < -0.3 is 25.0 Å². The zero-order valence-corrected chi connectivity index (χ0v) is 15.5. The van der Waals surface area contributed by atoms with Crippen molar-refractivity contribution in [2.75, 3.05) is 34.0 Å². The van der Waals surface area contributed by atoms with Gasteiger partial charge >= 0.3 is 0 Å². The minimum absolute atomic E-state index is 0.130. The molecule has 0 bridgehead atoms. The van der Waals surface area contributed by atoms with Crippen molar-refractivity contribution in [2.45, 2.75) is 18.8 Å². The molecule has 1 aromatic carbocycles. The number of likely N-dealkylation sites (N-methyl/N-ethyl adjacent to an activating group) is 1. The van der Waals surface area contributed by atoms with Gasteiger partial charge in [-0.1, -0.05) is 18.2 Å². The summed E-state index contributed by atoms with van der Waals surface area (Å²) >= 11 is 0. The number of nitrogens with two attached hydrogens (primary N) is 1. The zero-order valence-electron chi connectivity index (χ0n) is 15.5. The zero-order chi connectivity index (χ0) is 19.3. The molecular formula is C19H25N3O4. The van der Waals surface area contributed by atoms with Crippen molar-refractivity contribution in [3.8, 4) is 0 Å². The molecule has 1 aromatic rings. The molecular weight excluding hydrogens is 334 g/mol. The van der Waals surface area contributed by atoms with E-state index < -0.39 is 6.29 Å². The van der Waals surface area contributed by atoms with E-state index in [2.05, 4.69) is 0 Å². The van der Waals surface area contributed by atoms with Crippen LogP contribution >= 0.6 is 0 Å². The highest BCUT2D eigenvalue weighted by molar-refractivity contribution is 6.00. The maximum atomic E-state index is 13.0. The molecule has 1 aliphatic rings. The van der Waals surface area contributed by atoms with Gasteiger partial charge in [-0.2, -0.15) is 0 Å². The molecule has 2 N–H and O–H groups in total. The topological polar surface area (TPSA) is 85.1 Å². The van der Waals surface area contributed by atoms with Crippen LogP contribution in [0.1, 0.15) is 16.8 Å². The van der Waals surface area contributed by atoms with Gasteiger partial charge in [0.25, 0.3) is 5.91 Å². The van der Waals surface area contributed by atoms with Gasteiger partial charge in [0.05, 0.1) is 11.6 Å². The average Bonchev–Trinajstić information content (AvgIpc) is 3.04. The van der Waals surface area contributed by atoms with Crippen molar-refractivity contribution >= 4 is 17.5 Å². The van der Waals surface area contributed by atoms with Crippen LogP contribution in [-0.4, -0.2) is 62.3 Å².